The van der Waals surface area contributed by atoms with E-state index < -0.39 is 29.0 Å². The predicted molar refractivity (Wildman–Crippen MR) is 64.4 cm³/mol. The van der Waals surface area contributed by atoms with Gasteiger partial charge in [-0.1, -0.05) is 6.07 Å². The highest BCUT2D eigenvalue weighted by atomic mass is 19.2. The van der Waals surface area contributed by atoms with Crippen LogP contribution in [-0.4, -0.2) is 12.0 Å². The Bertz CT molecular complexity index is 608. The Morgan fingerprint density at radius 1 is 1.10 bits per heavy atom. The molecule has 1 aromatic heterocycles. The van der Waals surface area contributed by atoms with Gasteiger partial charge in [0.1, 0.15) is 12.4 Å². The van der Waals surface area contributed by atoms with Crippen molar-refractivity contribution in [3.63, 3.8) is 0 Å². The van der Waals surface area contributed by atoms with Crippen LogP contribution < -0.4 is 10.1 Å². The van der Waals surface area contributed by atoms with Crippen LogP contribution in [0.15, 0.2) is 24.3 Å². The van der Waals surface area contributed by atoms with E-state index in [9.17, 15) is 17.6 Å². The maximum Gasteiger partial charge on any atom is 0.203 e. The maximum atomic E-state index is 13.4. The lowest BCUT2D eigenvalue weighted by atomic mass is 10.3. The zero-order valence-electron chi connectivity index (χ0n) is 10.4. The summed E-state index contributed by atoms with van der Waals surface area (Å²) in [6.45, 7) is -0.327. The fourth-order valence-corrected chi connectivity index (χ4v) is 1.52. The standard InChI is InChI=1S/C13H10F4N2O/c1-18-10-4-2-3-7(19-10)6-20-13-11(16)8(14)5-9(15)12(13)17/h2-5H,6H2,1H3,(H,18,19). The number of anilines is 1. The van der Waals surface area contributed by atoms with E-state index >= 15 is 0 Å². The van der Waals surface area contributed by atoms with Crippen LogP contribution in [-0.2, 0) is 6.61 Å². The van der Waals surface area contributed by atoms with Gasteiger partial charge in [-0.15, -0.1) is 0 Å². The van der Waals surface area contributed by atoms with Crippen molar-refractivity contribution in [2.75, 3.05) is 12.4 Å². The molecular formula is C13H10F4N2O. The van der Waals surface area contributed by atoms with Crippen molar-refractivity contribution in [2.24, 2.45) is 0 Å². The first-order valence-corrected chi connectivity index (χ1v) is 5.62. The summed E-state index contributed by atoms with van der Waals surface area (Å²) in [6, 6.07) is 4.99. The molecule has 20 heavy (non-hydrogen) atoms. The SMILES string of the molecule is CNc1cccc(COc2c(F)c(F)cc(F)c2F)n1. The van der Waals surface area contributed by atoms with Crippen LogP contribution in [0.4, 0.5) is 23.4 Å². The molecule has 0 amide bonds. The second-order valence-corrected chi connectivity index (χ2v) is 3.85. The molecule has 1 heterocycles. The maximum absolute atomic E-state index is 13.4. The van der Waals surface area contributed by atoms with Crippen LogP contribution in [0.25, 0.3) is 0 Å². The Hall–Kier alpha value is -2.31. The number of pyridine rings is 1. The summed E-state index contributed by atoms with van der Waals surface area (Å²) in [5.41, 5.74) is 0.348. The van der Waals surface area contributed by atoms with E-state index in [1.807, 2.05) is 0 Å². The molecule has 7 heteroatoms. The highest BCUT2D eigenvalue weighted by Gasteiger charge is 2.20. The number of benzene rings is 1. The molecule has 0 aliphatic carbocycles. The van der Waals surface area contributed by atoms with Crippen molar-refractivity contribution >= 4 is 5.82 Å². The van der Waals surface area contributed by atoms with E-state index in [0.29, 0.717) is 11.5 Å². The summed E-state index contributed by atoms with van der Waals surface area (Å²) in [6.07, 6.45) is 0. The normalized spacial score (nSPS) is 10.4. The highest BCUT2D eigenvalue weighted by molar-refractivity contribution is 5.34. The van der Waals surface area contributed by atoms with Gasteiger partial charge >= 0.3 is 0 Å². The highest BCUT2D eigenvalue weighted by Crippen LogP contribution is 2.27. The summed E-state index contributed by atoms with van der Waals surface area (Å²) in [7, 11) is 1.65. The van der Waals surface area contributed by atoms with Gasteiger partial charge < -0.3 is 10.1 Å². The molecule has 1 aromatic carbocycles. The molecule has 0 unspecified atom stereocenters. The Morgan fingerprint density at radius 3 is 2.35 bits per heavy atom. The molecule has 2 aromatic rings. The molecule has 0 radical (unpaired) electrons. The zero-order valence-corrected chi connectivity index (χ0v) is 10.4. The Morgan fingerprint density at radius 2 is 1.75 bits per heavy atom. The third kappa shape index (κ3) is 2.81. The summed E-state index contributed by atoms with van der Waals surface area (Å²) < 4.78 is 57.5. The lowest BCUT2D eigenvalue weighted by Crippen LogP contribution is -2.05. The summed E-state index contributed by atoms with van der Waals surface area (Å²) in [5, 5.41) is 2.77. The average Bonchev–Trinajstić information content (AvgIpc) is 2.45. The third-order valence-corrected chi connectivity index (χ3v) is 2.50. The van der Waals surface area contributed by atoms with Crippen molar-refractivity contribution < 1.29 is 22.3 Å². The molecule has 0 saturated carbocycles. The van der Waals surface area contributed by atoms with Crippen molar-refractivity contribution in [3.05, 3.63) is 53.2 Å². The molecule has 2 rings (SSSR count). The minimum atomic E-state index is -1.58. The second-order valence-electron chi connectivity index (χ2n) is 3.85. The molecule has 106 valence electrons. The van der Waals surface area contributed by atoms with Crippen LogP contribution >= 0.6 is 0 Å². The smallest absolute Gasteiger partial charge is 0.203 e. The monoisotopic (exact) mass is 286 g/mol. The number of hydrogen-bond donors (Lipinski definition) is 1. The van der Waals surface area contributed by atoms with Gasteiger partial charge in [-0.2, -0.15) is 8.78 Å². The van der Waals surface area contributed by atoms with Crippen molar-refractivity contribution in [3.8, 4) is 5.75 Å². The van der Waals surface area contributed by atoms with Crippen LogP contribution in [0.3, 0.4) is 0 Å². The predicted octanol–water partition coefficient (Wildman–Crippen LogP) is 3.26. The molecule has 3 nitrogen and oxygen atoms in total. The molecule has 0 fully saturated rings. The van der Waals surface area contributed by atoms with Crippen LogP contribution in [0.5, 0.6) is 5.75 Å². The third-order valence-electron chi connectivity index (χ3n) is 2.50. The van der Waals surface area contributed by atoms with Gasteiger partial charge in [0, 0.05) is 13.1 Å². The largest absolute Gasteiger partial charge is 0.481 e. The van der Waals surface area contributed by atoms with E-state index in [1.165, 1.54) is 0 Å². The Balaban J connectivity index is 2.22. The number of hydrogen-bond acceptors (Lipinski definition) is 3. The first kappa shape index (κ1) is 14.1. The fourth-order valence-electron chi connectivity index (χ4n) is 1.52. The van der Waals surface area contributed by atoms with Gasteiger partial charge in [0.05, 0.1) is 5.69 Å². The van der Waals surface area contributed by atoms with Crippen molar-refractivity contribution in [1.82, 2.24) is 4.98 Å². The number of rotatable bonds is 4. The van der Waals surface area contributed by atoms with Gasteiger partial charge in [-0.25, -0.2) is 13.8 Å². The van der Waals surface area contributed by atoms with Gasteiger partial charge in [-0.3, -0.25) is 0 Å². The van der Waals surface area contributed by atoms with Crippen LogP contribution in [0, 0.1) is 23.3 Å². The van der Waals surface area contributed by atoms with E-state index in [0.717, 1.165) is 0 Å². The quantitative estimate of drug-likeness (QED) is 0.692. The van der Waals surface area contributed by atoms with Gasteiger partial charge in [0.25, 0.3) is 0 Å². The van der Waals surface area contributed by atoms with Crippen molar-refractivity contribution in [1.29, 1.82) is 0 Å². The molecule has 0 aliphatic rings. The molecule has 0 aliphatic heterocycles. The first-order valence-electron chi connectivity index (χ1n) is 5.62. The topological polar surface area (TPSA) is 34.1 Å². The van der Waals surface area contributed by atoms with Crippen LogP contribution in [0.1, 0.15) is 5.69 Å². The Kier molecular flexibility index (Phi) is 4.07. The van der Waals surface area contributed by atoms with Gasteiger partial charge in [0.2, 0.25) is 11.6 Å². The molecule has 1 N–H and O–H groups in total. The van der Waals surface area contributed by atoms with E-state index in [4.69, 9.17) is 4.74 Å². The minimum absolute atomic E-state index is 0.122. The number of ether oxygens (including phenoxy) is 1. The molecule has 0 saturated heterocycles. The van der Waals surface area contributed by atoms with E-state index in [-0.39, 0.29) is 12.7 Å². The molecule has 0 atom stereocenters. The number of aromatic nitrogens is 1. The van der Waals surface area contributed by atoms with E-state index in [2.05, 4.69) is 10.3 Å². The number of nitrogens with one attached hydrogen (secondary N) is 1. The summed E-state index contributed by atoms with van der Waals surface area (Å²) >= 11 is 0. The minimum Gasteiger partial charge on any atom is -0.481 e. The number of nitrogens with zero attached hydrogens (tertiary/aromatic N) is 1. The van der Waals surface area contributed by atoms with Crippen LogP contribution in [0.2, 0.25) is 0 Å². The zero-order chi connectivity index (χ0) is 14.7. The lowest BCUT2D eigenvalue weighted by molar-refractivity contribution is 0.258. The Labute approximate surface area is 112 Å². The van der Waals surface area contributed by atoms with Gasteiger partial charge in [0.15, 0.2) is 17.4 Å². The van der Waals surface area contributed by atoms with Crippen molar-refractivity contribution in [2.45, 2.75) is 6.61 Å². The number of halogens is 4. The molecule has 0 bridgehead atoms. The first-order chi connectivity index (χ1) is 9.52. The average molecular weight is 286 g/mol. The summed E-state index contributed by atoms with van der Waals surface area (Å²) in [4.78, 5) is 4.04. The molecule has 0 spiro atoms. The fraction of sp³-hybridized carbons (Fsp3) is 0.154. The molecular weight excluding hydrogens is 276 g/mol. The second kappa shape index (κ2) is 5.77. The lowest BCUT2D eigenvalue weighted by Gasteiger charge is -2.09. The summed E-state index contributed by atoms with van der Waals surface area (Å²) in [5.74, 6) is -6.76. The van der Waals surface area contributed by atoms with E-state index in [1.54, 1.807) is 25.2 Å². The van der Waals surface area contributed by atoms with Gasteiger partial charge in [-0.05, 0) is 12.1 Å².